The largest absolute Gasteiger partial charge is 0.396 e. The van der Waals surface area contributed by atoms with Crippen molar-refractivity contribution < 1.29 is 9.90 Å². The van der Waals surface area contributed by atoms with Gasteiger partial charge in [-0.05, 0) is 18.3 Å². The number of hydrogen-bond donors (Lipinski definition) is 2. The van der Waals surface area contributed by atoms with Gasteiger partial charge in [0.2, 0.25) is 5.91 Å². The molecule has 0 spiro atoms. The second-order valence-electron chi connectivity index (χ2n) is 8.74. The number of hydrogen-bond acceptors (Lipinski definition) is 2. The van der Waals surface area contributed by atoms with Crippen molar-refractivity contribution in [1.82, 2.24) is 0 Å². The number of nitrogens with two attached hydrogens (primary N) is 1. The van der Waals surface area contributed by atoms with E-state index in [9.17, 15) is 9.90 Å². The van der Waals surface area contributed by atoms with E-state index in [4.69, 9.17) is 5.73 Å². The average molecular weight is 370 g/mol. The summed E-state index contributed by atoms with van der Waals surface area (Å²) in [7, 11) is 0. The van der Waals surface area contributed by atoms with Gasteiger partial charge in [0.1, 0.15) is 0 Å². The third-order valence-electron chi connectivity index (χ3n) is 5.64. The van der Waals surface area contributed by atoms with E-state index in [0.29, 0.717) is 0 Å². The highest BCUT2D eigenvalue weighted by Crippen LogP contribution is 2.20. The molecule has 1 amide bonds. The Hall–Kier alpha value is -0.570. The Morgan fingerprint density at radius 2 is 1.04 bits per heavy atom. The summed E-state index contributed by atoms with van der Waals surface area (Å²) in [6.07, 6.45) is 19.6. The molecular formula is C23H47NO2. The summed E-state index contributed by atoms with van der Waals surface area (Å²) in [4.78, 5) is 11.4. The Morgan fingerprint density at radius 3 is 1.35 bits per heavy atom. The van der Waals surface area contributed by atoms with Crippen LogP contribution in [-0.2, 0) is 4.79 Å². The minimum Gasteiger partial charge on any atom is -0.396 e. The van der Waals surface area contributed by atoms with E-state index < -0.39 is 0 Å². The number of primary amides is 1. The van der Waals surface area contributed by atoms with Gasteiger partial charge in [0, 0.05) is 12.5 Å². The summed E-state index contributed by atoms with van der Waals surface area (Å²) in [6, 6.07) is 0. The van der Waals surface area contributed by atoms with Gasteiger partial charge in [-0.15, -0.1) is 0 Å². The van der Waals surface area contributed by atoms with Crippen LogP contribution in [0.4, 0.5) is 0 Å². The predicted molar refractivity (Wildman–Crippen MR) is 113 cm³/mol. The van der Waals surface area contributed by atoms with E-state index in [1.54, 1.807) is 0 Å². The minimum absolute atomic E-state index is 0.0114. The standard InChI is InChI=1S/C23H47NO2/c1-20(2)17-15-13-11-9-7-5-4-6-8-10-12-14-16-18-22(23(24)26)21(3)19-25/h20-22,25H,4-19H2,1-3H3,(H2,24,26). The summed E-state index contributed by atoms with van der Waals surface area (Å²) in [6.45, 7) is 6.58. The van der Waals surface area contributed by atoms with E-state index in [-0.39, 0.29) is 24.3 Å². The topological polar surface area (TPSA) is 63.3 Å². The van der Waals surface area contributed by atoms with Crippen LogP contribution in [0, 0.1) is 17.8 Å². The number of unbranched alkanes of at least 4 members (excludes halogenated alkanes) is 12. The Kier molecular flexibility index (Phi) is 17.4. The Balaban J connectivity index is 3.30. The molecule has 0 aliphatic heterocycles. The molecule has 2 atom stereocenters. The van der Waals surface area contributed by atoms with Crippen molar-refractivity contribution in [3.63, 3.8) is 0 Å². The fraction of sp³-hybridized carbons (Fsp3) is 0.957. The maximum Gasteiger partial charge on any atom is 0.220 e. The molecule has 0 saturated heterocycles. The molecule has 0 saturated carbocycles. The normalized spacial score (nSPS) is 13.9. The second-order valence-corrected chi connectivity index (χ2v) is 8.74. The zero-order valence-electron chi connectivity index (χ0n) is 18.0. The first-order chi connectivity index (χ1) is 12.5. The van der Waals surface area contributed by atoms with Crippen molar-refractivity contribution in [2.45, 2.75) is 117 Å². The van der Waals surface area contributed by atoms with Gasteiger partial charge in [-0.25, -0.2) is 0 Å². The van der Waals surface area contributed by atoms with Gasteiger partial charge in [-0.1, -0.05) is 111 Å². The van der Waals surface area contributed by atoms with E-state index in [1.165, 1.54) is 83.5 Å². The van der Waals surface area contributed by atoms with Crippen molar-refractivity contribution in [2.75, 3.05) is 6.61 Å². The molecule has 0 heterocycles. The molecule has 0 radical (unpaired) electrons. The summed E-state index contributed by atoms with van der Waals surface area (Å²) < 4.78 is 0. The molecule has 0 aromatic heterocycles. The SMILES string of the molecule is CC(C)CCCCCCCCCCCCCCCC(C(N)=O)C(C)CO. The highest BCUT2D eigenvalue weighted by atomic mass is 16.3. The molecule has 0 fully saturated rings. The lowest BCUT2D eigenvalue weighted by Gasteiger charge is -2.18. The monoisotopic (exact) mass is 369 g/mol. The number of amides is 1. The Morgan fingerprint density at radius 1 is 0.692 bits per heavy atom. The Bertz CT molecular complexity index is 317. The number of carbonyl (C=O) groups excluding carboxylic acids is 1. The molecule has 0 aromatic rings. The van der Waals surface area contributed by atoms with E-state index >= 15 is 0 Å². The van der Waals surface area contributed by atoms with Gasteiger partial charge in [-0.2, -0.15) is 0 Å². The molecule has 26 heavy (non-hydrogen) atoms. The molecule has 3 heteroatoms. The minimum atomic E-state index is -0.258. The van der Waals surface area contributed by atoms with Gasteiger partial charge in [0.25, 0.3) is 0 Å². The molecule has 2 unspecified atom stereocenters. The van der Waals surface area contributed by atoms with Crippen LogP contribution in [0.15, 0.2) is 0 Å². The van der Waals surface area contributed by atoms with Gasteiger partial charge in [0.15, 0.2) is 0 Å². The van der Waals surface area contributed by atoms with Crippen molar-refractivity contribution >= 4 is 5.91 Å². The highest BCUT2D eigenvalue weighted by Gasteiger charge is 2.21. The highest BCUT2D eigenvalue weighted by molar-refractivity contribution is 5.76. The third-order valence-corrected chi connectivity index (χ3v) is 5.64. The maximum absolute atomic E-state index is 11.4. The first-order valence-electron chi connectivity index (χ1n) is 11.4. The van der Waals surface area contributed by atoms with Crippen LogP contribution in [0.25, 0.3) is 0 Å². The first kappa shape index (κ1) is 25.4. The molecule has 3 nitrogen and oxygen atoms in total. The number of aliphatic hydroxyl groups excluding tert-OH is 1. The number of aliphatic hydroxyl groups is 1. The lowest BCUT2D eigenvalue weighted by molar-refractivity contribution is -0.124. The second kappa shape index (κ2) is 17.8. The zero-order valence-corrected chi connectivity index (χ0v) is 18.0. The van der Waals surface area contributed by atoms with Crippen molar-refractivity contribution in [2.24, 2.45) is 23.5 Å². The van der Waals surface area contributed by atoms with Crippen LogP contribution in [0.5, 0.6) is 0 Å². The first-order valence-corrected chi connectivity index (χ1v) is 11.4. The van der Waals surface area contributed by atoms with E-state index in [1.807, 2.05) is 6.92 Å². The van der Waals surface area contributed by atoms with Crippen LogP contribution in [0.3, 0.4) is 0 Å². The van der Waals surface area contributed by atoms with Gasteiger partial charge in [-0.3, -0.25) is 4.79 Å². The Labute approximate surface area is 163 Å². The quantitative estimate of drug-likeness (QED) is 0.265. The zero-order chi connectivity index (χ0) is 19.6. The third kappa shape index (κ3) is 15.7. The lowest BCUT2D eigenvalue weighted by atomic mass is 9.88. The van der Waals surface area contributed by atoms with Crippen LogP contribution >= 0.6 is 0 Å². The fourth-order valence-electron chi connectivity index (χ4n) is 3.70. The predicted octanol–water partition coefficient (Wildman–Crippen LogP) is 6.22. The van der Waals surface area contributed by atoms with Crippen LogP contribution < -0.4 is 5.73 Å². The molecule has 0 aromatic carbocycles. The smallest absolute Gasteiger partial charge is 0.220 e. The van der Waals surface area contributed by atoms with Crippen molar-refractivity contribution in [3.8, 4) is 0 Å². The fourth-order valence-corrected chi connectivity index (χ4v) is 3.70. The molecule has 156 valence electrons. The molecule has 0 bridgehead atoms. The van der Waals surface area contributed by atoms with E-state index in [2.05, 4.69) is 13.8 Å². The summed E-state index contributed by atoms with van der Waals surface area (Å²) in [5, 5.41) is 9.18. The van der Waals surface area contributed by atoms with Crippen molar-refractivity contribution in [1.29, 1.82) is 0 Å². The van der Waals surface area contributed by atoms with Crippen LogP contribution in [0.1, 0.15) is 117 Å². The lowest BCUT2D eigenvalue weighted by Crippen LogP contribution is -2.30. The average Bonchev–Trinajstić information content (AvgIpc) is 2.60. The summed E-state index contributed by atoms with van der Waals surface area (Å²) in [5.74, 6) is 0.434. The summed E-state index contributed by atoms with van der Waals surface area (Å²) in [5.41, 5.74) is 5.43. The van der Waals surface area contributed by atoms with Gasteiger partial charge >= 0.3 is 0 Å². The molecule has 3 N–H and O–H groups in total. The number of carbonyl (C=O) groups is 1. The molecule has 0 rings (SSSR count). The number of rotatable bonds is 19. The maximum atomic E-state index is 11.4. The van der Waals surface area contributed by atoms with Crippen molar-refractivity contribution in [3.05, 3.63) is 0 Å². The van der Waals surface area contributed by atoms with Gasteiger partial charge in [0.05, 0.1) is 0 Å². The molecular weight excluding hydrogens is 322 g/mol. The summed E-state index contributed by atoms with van der Waals surface area (Å²) >= 11 is 0. The molecule has 0 aliphatic carbocycles. The molecule has 0 aliphatic rings. The van der Waals surface area contributed by atoms with E-state index in [0.717, 1.165) is 18.8 Å². The van der Waals surface area contributed by atoms with Crippen LogP contribution in [0.2, 0.25) is 0 Å². The van der Waals surface area contributed by atoms with Gasteiger partial charge < -0.3 is 10.8 Å². The van der Waals surface area contributed by atoms with Crippen LogP contribution in [-0.4, -0.2) is 17.6 Å².